The topological polar surface area (TPSA) is 99.1 Å². The second-order valence-corrected chi connectivity index (χ2v) is 11.3. The average molecular weight is 629 g/mol. The minimum Gasteiger partial charge on any atom is -0.325 e. The summed E-state index contributed by atoms with van der Waals surface area (Å²) in [7, 11) is 0. The number of nitriles is 1. The van der Waals surface area contributed by atoms with Gasteiger partial charge in [0.2, 0.25) is 5.91 Å². The van der Waals surface area contributed by atoms with Crippen molar-refractivity contribution < 1.29 is 14.4 Å². The predicted octanol–water partition coefficient (Wildman–Crippen LogP) is 8.20. The van der Waals surface area contributed by atoms with Gasteiger partial charge in [-0.3, -0.25) is 14.4 Å². The molecule has 1 atom stereocenters. The van der Waals surface area contributed by atoms with Gasteiger partial charge in [0, 0.05) is 39.2 Å². The molecule has 0 saturated heterocycles. The maximum Gasteiger partial charge on any atom is 0.256 e. The van der Waals surface area contributed by atoms with E-state index in [0.29, 0.717) is 38.0 Å². The molecule has 0 aromatic heterocycles. The molecule has 4 aromatic carbocycles. The number of allylic oxidation sites excluding steroid dienone is 1. The van der Waals surface area contributed by atoms with Crippen molar-refractivity contribution in [2.75, 3.05) is 11.1 Å². The Labute approximate surface area is 264 Å². The number of carbonyl (C=O) groups excluding carboxylic acids is 3. The normalized spacial score (nSPS) is 12.0. The molecule has 4 aromatic rings. The van der Waals surface area contributed by atoms with Crippen LogP contribution >= 0.6 is 35.0 Å². The van der Waals surface area contributed by atoms with E-state index < -0.39 is 11.8 Å². The van der Waals surface area contributed by atoms with Crippen molar-refractivity contribution in [3.05, 3.63) is 146 Å². The minimum atomic E-state index is -0.803. The third-order valence-electron chi connectivity index (χ3n) is 6.63. The monoisotopic (exact) mass is 627 g/mol. The molecule has 2 N–H and O–H groups in total. The molecule has 9 heteroatoms. The highest BCUT2D eigenvalue weighted by Gasteiger charge is 2.28. The first-order valence-corrected chi connectivity index (χ1v) is 15.0. The van der Waals surface area contributed by atoms with Crippen molar-refractivity contribution in [2.45, 2.75) is 19.3 Å². The number of carbonyl (C=O) groups is 3. The summed E-state index contributed by atoms with van der Waals surface area (Å²) >= 11 is 13.8. The van der Waals surface area contributed by atoms with Crippen molar-refractivity contribution in [1.82, 2.24) is 5.32 Å². The Hall–Kier alpha value is -4.35. The number of thioether (sulfide) groups is 1. The van der Waals surface area contributed by atoms with Gasteiger partial charge in [0.15, 0.2) is 5.78 Å². The fourth-order valence-electron chi connectivity index (χ4n) is 4.35. The number of halogens is 2. The van der Waals surface area contributed by atoms with Gasteiger partial charge in [0.25, 0.3) is 5.91 Å². The fraction of sp³-hybridized carbons (Fsp3) is 0.118. The predicted molar refractivity (Wildman–Crippen MR) is 173 cm³/mol. The van der Waals surface area contributed by atoms with Crippen molar-refractivity contribution in [2.24, 2.45) is 0 Å². The highest BCUT2D eigenvalue weighted by atomic mass is 35.5. The Morgan fingerprint density at radius 1 is 0.814 bits per heavy atom. The van der Waals surface area contributed by atoms with E-state index in [1.165, 1.54) is 0 Å². The summed E-state index contributed by atoms with van der Waals surface area (Å²) in [5, 5.41) is 17.2. The van der Waals surface area contributed by atoms with Crippen LogP contribution in [-0.4, -0.2) is 23.4 Å². The summed E-state index contributed by atoms with van der Waals surface area (Å²) in [5.74, 6) is -1.97. The van der Waals surface area contributed by atoms with Crippen molar-refractivity contribution in [3.63, 3.8) is 0 Å². The van der Waals surface area contributed by atoms with E-state index in [0.717, 1.165) is 11.8 Å². The molecule has 0 heterocycles. The molecule has 0 fully saturated rings. The van der Waals surface area contributed by atoms with E-state index in [1.807, 2.05) is 6.07 Å². The highest BCUT2D eigenvalue weighted by molar-refractivity contribution is 8.03. The van der Waals surface area contributed by atoms with Crippen LogP contribution in [0.4, 0.5) is 5.69 Å². The number of nitrogens with zero attached hydrogens (tertiary/aromatic N) is 1. The van der Waals surface area contributed by atoms with Crippen LogP contribution in [0.25, 0.3) is 0 Å². The maximum atomic E-state index is 13.4. The first-order chi connectivity index (χ1) is 20.8. The number of amides is 2. The van der Waals surface area contributed by atoms with Gasteiger partial charge >= 0.3 is 0 Å². The zero-order valence-electron chi connectivity index (χ0n) is 23.1. The van der Waals surface area contributed by atoms with Crippen LogP contribution in [0.15, 0.2) is 114 Å². The van der Waals surface area contributed by atoms with Crippen LogP contribution in [-0.2, 0) is 4.79 Å². The molecule has 0 bridgehead atoms. The van der Waals surface area contributed by atoms with E-state index in [4.69, 9.17) is 23.2 Å². The number of hydrogen-bond acceptors (Lipinski definition) is 5. The largest absolute Gasteiger partial charge is 0.325 e. The van der Waals surface area contributed by atoms with Gasteiger partial charge < -0.3 is 10.6 Å². The van der Waals surface area contributed by atoms with Crippen LogP contribution in [0.1, 0.15) is 44.2 Å². The molecule has 43 heavy (non-hydrogen) atoms. The molecule has 0 spiro atoms. The van der Waals surface area contributed by atoms with Crippen LogP contribution in [0.5, 0.6) is 0 Å². The molecule has 0 aliphatic carbocycles. The summed E-state index contributed by atoms with van der Waals surface area (Å²) in [5.41, 5.74) is 2.78. The summed E-state index contributed by atoms with van der Waals surface area (Å²) in [6, 6.07) is 31.6. The number of benzene rings is 4. The van der Waals surface area contributed by atoms with E-state index in [2.05, 4.69) is 16.7 Å². The molecule has 2 amide bonds. The average Bonchev–Trinajstić information content (AvgIpc) is 3.02. The van der Waals surface area contributed by atoms with E-state index >= 15 is 0 Å². The number of ketones is 1. The summed E-state index contributed by atoms with van der Waals surface area (Å²) < 4.78 is 0. The SMILES string of the molecule is Cc1c(Cl)cccc1NC(=O)CSC(NC(=O)c1ccccc1)=C(C#N)C(CC(=O)c1ccccc1)c1ccccc1Cl. The molecule has 6 nitrogen and oxygen atoms in total. The third-order valence-corrected chi connectivity index (χ3v) is 8.40. The summed E-state index contributed by atoms with van der Waals surface area (Å²) in [4.78, 5) is 39.7. The lowest BCUT2D eigenvalue weighted by molar-refractivity contribution is -0.113. The first kappa shape index (κ1) is 31.6. The van der Waals surface area contributed by atoms with Crippen molar-refractivity contribution in [1.29, 1.82) is 5.26 Å². The van der Waals surface area contributed by atoms with Crippen molar-refractivity contribution in [3.8, 4) is 6.07 Å². The molecule has 0 aliphatic rings. The van der Waals surface area contributed by atoms with E-state index in [9.17, 15) is 19.6 Å². The Balaban J connectivity index is 1.73. The lowest BCUT2D eigenvalue weighted by atomic mass is 9.86. The molecule has 4 rings (SSSR count). The van der Waals surface area contributed by atoms with Crippen LogP contribution in [0, 0.1) is 18.3 Å². The Kier molecular flexibility index (Phi) is 11.2. The maximum absolute atomic E-state index is 13.4. The highest BCUT2D eigenvalue weighted by Crippen LogP contribution is 2.37. The van der Waals surface area contributed by atoms with Gasteiger partial charge in [0.1, 0.15) is 0 Å². The molecule has 0 radical (unpaired) electrons. The third kappa shape index (κ3) is 8.36. The molecule has 1 unspecified atom stereocenters. The van der Waals surface area contributed by atoms with Gasteiger partial charge in [-0.15, -0.1) is 0 Å². The van der Waals surface area contributed by atoms with Crippen molar-refractivity contribution >= 4 is 58.2 Å². The zero-order chi connectivity index (χ0) is 30.8. The Morgan fingerprint density at radius 3 is 2.07 bits per heavy atom. The first-order valence-electron chi connectivity index (χ1n) is 13.3. The molecule has 216 valence electrons. The smallest absolute Gasteiger partial charge is 0.256 e. The molecular weight excluding hydrogens is 601 g/mol. The lowest BCUT2D eigenvalue weighted by Crippen LogP contribution is -2.26. The number of rotatable bonds is 11. The zero-order valence-corrected chi connectivity index (χ0v) is 25.5. The van der Waals surface area contributed by atoms with Crippen LogP contribution in [0.3, 0.4) is 0 Å². The quantitative estimate of drug-likeness (QED) is 0.129. The number of Topliss-reactive ketones (excluding diaryl/α,β-unsaturated/α-hetero) is 1. The minimum absolute atomic E-state index is 0.0875. The summed E-state index contributed by atoms with van der Waals surface area (Å²) in [6.07, 6.45) is -0.0875. The van der Waals surface area contributed by atoms with E-state index in [-0.39, 0.29) is 34.5 Å². The Morgan fingerprint density at radius 2 is 1.42 bits per heavy atom. The van der Waals surface area contributed by atoms with Gasteiger partial charge in [-0.05, 0) is 48.4 Å². The van der Waals surface area contributed by atoms with Gasteiger partial charge in [-0.1, -0.05) is 108 Å². The fourth-order valence-corrected chi connectivity index (χ4v) is 5.65. The van der Waals surface area contributed by atoms with Crippen LogP contribution < -0.4 is 10.6 Å². The standard InChI is InChI=1S/C34H27Cl2N3O3S/c1-22-28(35)17-10-18-30(22)38-32(41)21-43-34(39-33(42)24-13-6-3-7-14-24)27(20-37)26(25-15-8-9-16-29(25)36)19-31(40)23-11-4-2-5-12-23/h2-18,26H,19,21H2,1H3,(H,38,41)(H,39,42). The lowest BCUT2D eigenvalue weighted by Gasteiger charge is -2.21. The number of nitrogens with one attached hydrogen (secondary N) is 2. The van der Waals surface area contributed by atoms with Gasteiger partial charge in [0.05, 0.1) is 22.4 Å². The van der Waals surface area contributed by atoms with Gasteiger partial charge in [-0.2, -0.15) is 5.26 Å². The second-order valence-electron chi connectivity index (χ2n) is 9.49. The molecule has 0 aliphatic heterocycles. The summed E-state index contributed by atoms with van der Waals surface area (Å²) in [6.45, 7) is 1.79. The van der Waals surface area contributed by atoms with Gasteiger partial charge in [-0.25, -0.2) is 0 Å². The molecule has 0 saturated carbocycles. The van der Waals surface area contributed by atoms with E-state index in [1.54, 1.807) is 104 Å². The molecular formula is C34H27Cl2N3O3S. The van der Waals surface area contributed by atoms with Crippen LogP contribution in [0.2, 0.25) is 10.0 Å². The second kappa shape index (κ2) is 15.2. The Bertz CT molecular complexity index is 1700. The number of hydrogen-bond donors (Lipinski definition) is 2. The number of anilines is 1.